The monoisotopic (exact) mass is 285 g/mol. The molecule has 1 aliphatic carbocycles. The maximum atomic E-state index is 13.3. The van der Waals surface area contributed by atoms with Gasteiger partial charge in [0, 0.05) is 16.6 Å². The van der Waals surface area contributed by atoms with Crippen LogP contribution in [0.3, 0.4) is 0 Å². The lowest BCUT2D eigenvalue weighted by molar-refractivity contribution is 0.498. The lowest BCUT2D eigenvalue weighted by Gasteiger charge is -2.18. The molecule has 1 aromatic carbocycles. The van der Waals surface area contributed by atoms with Crippen molar-refractivity contribution < 1.29 is 4.39 Å². The minimum atomic E-state index is -0.173. The highest BCUT2D eigenvalue weighted by atomic mass is 79.9. The molecule has 0 bridgehead atoms. The molecule has 1 aliphatic rings. The summed E-state index contributed by atoms with van der Waals surface area (Å²) in [6.45, 7) is 4.37. The van der Waals surface area contributed by atoms with Crippen LogP contribution in [0.5, 0.6) is 0 Å². The van der Waals surface area contributed by atoms with E-state index in [4.69, 9.17) is 0 Å². The fraction of sp³-hybridized carbons (Fsp3) is 0.538. The SMILES string of the molecule is CCC(NC1CC1C)c1cc(F)cc(Br)c1. The first-order valence-electron chi connectivity index (χ1n) is 5.82. The quantitative estimate of drug-likeness (QED) is 0.881. The van der Waals surface area contributed by atoms with Crippen LogP contribution < -0.4 is 5.32 Å². The summed E-state index contributed by atoms with van der Waals surface area (Å²) >= 11 is 3.34. The molecule has 16 heavy (non-hydrogen) atoms. The molecule has 0 aliphatic heterocycles. The second kappa shape index (κ2) is 4.84. The smallest absolute Gasteiger partial charge is 0.124 e. The Morgan fingerprint density at radius 3 is 2.69 bits per heavy atom. The number of halogens is 2. The maximum absolute atomic E-state index is 13.3. The zero-order chi connectivity index (χ0) is 11.7. The largest absolute Gasteiger partial charge is 0.307 e. The molecule has 0 radical (unpaired) electrons. The highest BCUT2D eigenvalue weighted by molar-refractivity contribution is 9.10. The molecule has 3 unspecified atom stereocenters. The average molecular weight is 286 g/mol. The lowest BCUT2D eigenvalue weighted by Crippen LogP contribution is -2.24. The molecule has 0 spiro atoms. The molecule has 1 aromatic rings. The Morgan fingerprint density at radius 1 is 1.50 bits per heavy atom. The van der Waals surface area contributed by atoms with Gasteiger partial charge >= 0.3 is 0 Å². The first-order chi connectivity index (χ1) is 7.60. The van der Waals surface area contributed by atoms with E-state index in [0.717, 1.165) is 22.4 Å². The lowest BCUT2D eigenvalue weighted by atomic mass is 10.0. The summed E-state index contributed by atoms with van der Waals surface area (Å²) in [7, 11) is 0. The third-order valence-electron chi connectivity index (χ3n) is 3.22. The first kappa shape index (κ1) is 12.1. The molecular formula is C13H17BrFN. The molecule has 0 amide bonds. The summed E-state index contributed by atoms with van der Waals surface area (Å²) < 4.78 is 14.1. The molecule has 0 heterocycles. The molecule has 1 fully saturated rings. The summed E-state index contributed by atoms with van der Waals surface area (Å²) in [4.78, 5) is 0. The molecular weight excluding hydrogens is 269 g/mol. The zero-order valence-corrected chi connectivity index (χ0v) is 11.2. The third-order valence-corrected chi connectivity index (χ3v) is 3.68. The summed E-state index contributed by atoms with van der Waals surface area (Å²) in [6, 6.07) is 6.00. The van der Waals surface area contributed by atoms with E-state index in [1.807, 2.05) is 6.07 Å². The van der Waals surface area contributed by atoms with Crippen molar-refractivity contribution in [3.63, 3.8) is 0 Å². The van der Waals surface area contributed by atoms with Crippen LogP contribution in [0.25, 0.3) is 0 Å². The summed E-state index contributed by atoms with van der Waals surface area (Å²) in [5.41, 5.74) is 1.04. The molecule has 3 heteroatoms. The number of nitrogens with one attached hydrogen (secondary N) is 1. The van der Waals surface area contributed by atoms with Crippen LogP contribution in [0.1, 0.15) is 38.3 Å². The predicted octanol–water partition coefficient (Wildman–Crippen LogP) is 4.04. The van der Waals surface area contributed by atoms with Gasteiger partial charge in [0.2, 0.25) is 0 Å². The predicted molar refractivity (Wildman–Crippen MR) is 67.8 cm³/mol. The molecule has 0 aromatic heterocycles. The van der Waals surface area contributed by atoms with Gasteiger partial charge in [-0.25, -0.2) is 4.39 Å². The molecule has 1 nitrogen and oxygen atoms in total. The molecule has 2 rings (SSSR count). The van der Waals surface area contributed by atoms with Crippen molar-refractivity contribution in [2.24, 2.45) is 5.92 Å². The number of benzene rings is 1. The average Bonchev–Trinajstić information content (AvgIpc) is 2.89. The number of hydrogen-bond donors (Lipinski definition) is 1. The van der Waals surface area contributed by atoms with Crippen LogP contribution in [0.15, 0.2) is 22.7 Å². The van der Waals surface area contributed by atoms with Gasteiger partial charge in [-0.3, -0.25) is 0 Å². The first-order valence-corrected chi connectivity index (χ1v) is 6.61. The standard InChI is InChI=1S/C13H17BrFN/c1-3-12(16-13-4-8(13)2)9-5-10(14)7-11(15)6-9/h5-8,12-13,16H,3-4H2,1-2H3. The van der Waals surface area contributed by atoms with E-state index in [2.05, 4.69) is 35.1 Å². The van der Waals surface area contributed by atoms with Crippen molar-refractivity contribution in [3.05, 3.63) is 34.1 Å². The van der Waals surface area contributed by atoms with Crippen molar-refractivity contribution in [1.82, 2.24) is 5.32 Å². The van der Waals surface area contributed by atoms with E-state index in [9.17, 15) is 4.39 Å². The van der Waals surface area contributed by atoms with Crippen molar-refractivity contribution in [1.29, 1.82) is 0 Å². The van der Waals surface area contributed by atoms with Gasteiger partial charge in [-0.2, -0.15) is 0 Å². The maximum Gasteiger partial charge on any atom is 0.124 e. The summed E-state index contributed by atoms with van der Waals surface area (Å²) in [6.07, 6.45) is 2.23. The second-order valence-electron chi connectivity index (χ2n) is 4.65. The van der Waals surface area contributed by atoms with E-state index < -0.39 is 0 Å². The normalized spacial score (nSPS) is 25.5. The Labute approximate surface area is 105 Å². The Morgan fingerprint density at radius 2 is 2.19 bits per heavy atom. The fourth-order valence-corrected chi connectivity index (χ4v) is 2.52. The topological polar surface area (TPSA) is 12.0 Å². The third kappa shape index (κ3) is 2.83. The molecule has 1 N–H and O–H groups in total. The van der Waals surface area contributed by atoms with Gasteiger partial charge < -0.3 is 5.32 Å². The van der Waals surface area contributed by atoms with E-state index in [1.54, 1.807) is 6.07 Å². The van der Waals surface area contributed by atoms with E-state index >= 15 is 0 Å². The summed E-state index contributed by atoms with van der Waals surface area (Å²) in [5.74, 6) is 0.597. The van der Waals surface area contributed by atoms with Crippen LogP contribution in [0.4, 0.5) is 4.39 Å². The van der Waals surface area contributed by atoms with E-state index in [1.165, 1.54) is 12.5 Å². The Bertz CT molecular complexity index is 360. The van der Waals surface area contributed by atoms with Gasteiger partial charge in [0.05, 0.1) is 0 Å². The van der Waals surface area contributed by atoms with Crippen molar-refractivity contribution in [2.45, 2.75) is 38.8 Å². The van der Waals surface area contributed by atoms with E-state index in [-0.39, 0.29) is 11.9 Å². The minimum Gasteiger partial charge on any atom is -0.307 e. The summed E-state index contributed by atoms with van der Waals surface area (Å²) in [5, 5.41) is 3.57. The van der Waals surface area contributed by atoms with Crippen LogP contribution in [0.2, 0.25) is 0 Å². The van der Waals surface area contributed by atoms with Crippen molar-refractivity contribution in [2.75, 3.05) is 0 Å². The Hall–Kier alpha value is -0.410. The Balaban J connectivity index is 2.12. The fourth-order valence-electron chi connectivity index (χ4n) is 2.04. The molecule has 0 saturated heterocycles. The Kier molecular flexibility index (Phi) is 3.65. The number of hydrogen-bond acceptors (Lipinski definition) is 1. The zero-order valence-electron chi connectivity index (χ0n) is 9.63. The minimum absolute atomic E-state index is 0.173. The highest BCUT2D eigenvalue weighted by Gasteiger charge is 2.34. The van der Waals surface area contributed by atoms with Gasteiger partial charge in [0.1, 0.15) is 5.82 Å². The van der Waals surface area contributed by atoms with Crippen LogP contribution >= 0.6 is 15.9 Å². The molecule has 3 atom stereocenters. The van der Waals surface area contributed by atoms with Gasteiger partial charge in [-0.05, 0) is 42.5 Å². The van der Waals surface area contributed by atoms with Crippen LogP contribution in [0, 0.1) is 11.7 Å². The van der Waals surface area contributed by atoms with Crippen LogP contribution in [-0.4, -0.2) is 6.04 Å². The number of rotatable bonds is 4. The van der Waals surface area contributed by atoms with Gasteiger partial charge in [-0.1, -0.05) is 29.8 Å². The van der Waals surface area contributed by atoms with Crippen LogP contribution in [-0.2, 0) is 0 Å². The van der Waals surface area contributed by atoms with Gasteiger partial charge in [0.15, 0.2) is 0 Å². The molecule has 88 valence electrons. The molecule has 1 saturated carbocycles. The van der Waals surface area contributed by atoms with Crippen molar-refractivity contribution >= 4 is 15.9 Å². The highest BCUT2D eigenvalue weighted by Crippen LogP contribution is 2.33. The van der Waals surface area contributed by atoms with E-state index in [0.29, 0.717) is 6.04 Å². The van der Waals surface area contributed by atoms with Gasteiger partial charge in [0.25, 0.3) is 0 Å². The van der Waals surface area contributed by atoms with Crippen molar-refractivity contribution in [3.8, 4) is 0 Å². The second-order valence-corrected chi connectivity index (χ2v) is 5.57. The van der Waals surface area contributed by atoms with Gasteiger partial charge in [-0.15, -0.1) is 0 Å².